The molecule has 1 aromatic heterocycles. The van der Waals surface area contributed by atoms with Gasteiger partial charge in [-0.2, -0.15) is 0 Å². The van der Waals surface area contributed by atoms with Gasteiger partial charge in [0, 0.05) is 34.1 Å². The van der Waals surface area contributed by atoms with Crippen LogP contribution in [0.2, 0.25) is 0 Å². The van der Waals surface area contributed by atoms with E-state index >= 15 is 0 Å². The molecule has 1 heterocycles. The summed E-state index contributed by atoms with van der Waals surface area (Å²) in [4.78, 5) is 2.39. The summed E-state index contributed by atoms with van der Waals surface area (Å²) < 4.78 is 2.49. The number of fused-ring (bicyclic) bond motifs is 1. The van der Waals surface area contributed by atoms with Crippen LogP contribution in [0.25, 0.3) is 44.4 Å². The molecule has 4 aliphatic rings. The van der Waals surface area contributed by atoms with Gasteiger partial charge in [0.15, 0.2) is 0 Å². The fraction of sp³-hybridized carbons (Fsp3) is 0.138. The SMILES string of the molecule is C1=CCC=C(c2c(C3C=CC=CC3)c3cc(-c4ccc(N(c5ccc(C6=CCCC=C6)cc5)c5ccc(C6=CCC=CCC6)cc5)cc4)ccc3n2-c2ccccc2)C=C1. The van der Waals surface area contributed by atoms with E-state index in [0.717, 1.165) is 62.0 Å². The number of aromatic nitrogens is 1. The van der Waals surface area contributed by atoms with Gasteiger partial charge in [0.1, 0.15) is 0 Å². The number of benzene rings is 5. The van der Waals surface area contributed by atoms with Crippen molar-refractivity contribution in [3.05, 3.63) is 235 Å². The summed E-state index contributed by atoms with van der Waals surface area (Å²) in [5.41, 5.74) is 17.5. The summed E-state index contributed by atoms with van der Waals surface area (Å²) in [6.45, 7) is 0. The zero-order valence-electron chi connectivity index (χ0n) is 34.1. The Morgan fingerprint density at radius 2 is 1.22 bits per heavy atom. The van der Waals surface area contributed by atoms with Crippen LogP contribution in [0.1, 0.15) is 73.2 Å². The molecule has 0 amide bonds. The third-order valence-corrected chi connectivity index (χ3v) is 12.3. The van der Waals surface area contributed by atoms with Crippen molar-refractivity contribution in [1.29, 1.82) is 0 Å². The maximum atomic E-state index is 2.49. The van der Waals surface area contributed by atoms with Crippen molar-refractivity contribution in [3.8, 4) is 16.8 Å². The minimum Gasteiger partial charge on any atom is -0.311 e. The summed E-state index contributed by atoms with van der Waals surface area (Å²) in [5.74, 6) is 0.271. The van der Waals surface area contributed by atoms with Crippen LogP contribution in [-0.2, 0) is 0 Å². The molecule has 0 fully saturated rings. The van der Waals surface area contributed by atoms with E-state index in [-0.39, 0.29) is 5.92 Å². The Balaban J connectivity index is 1.06. The van der Waals surface area contributed by atoms with Crippen molar-refractivity contribution in [1.82, 2.24) is 4.57 Å². The Kier molecular flexibility index (Phi) is 10.7. The van der Waals surface area contributed by atoms with E-state index in [0.29, 0.717) is 0 Å². The molecular formula is C58H50N2. The summed E-state index contributed by atoms with van der Waals surface area (Å²) in [7, 11) is 0. The van der Waals surface area contributed by atoms with Crippen LogP contribution >= 0.6 is 0 Å². The minimum atomic E-state index is 0.271. The van der Waals surface area contributed by atoms with Gasteiger partial charge in [-0.15, -0.1) is 0 Å². The number of rotatable bonds is 9. The van der Waals surface area contributed by atoms with Crippen molar-refractivity contribution in [2.45, 2.75) is 50.9 Å². The van der Waals surface area contributed by atoms with Gasteiger partial charge in [0.05, 0.1) is 11.2 Å². The third kappa shape index (κ3) is 7.58. The molecule has 0 aliphatic heterocycles. The number of nitrogens with zero attached hydrogens (tertiary/aromatic N) is 2. The highest BCUT2D eigenvalue weighted by Gasteiger charge is 2.26. The standard InChI is InChI=1S/C58H50N2/c1-2-9-19-43(18-8-1)45-28-35-52(36-29-45)59(53-37-30-46(31-38-53)44-20-12-5-13-21-44)54-39-32-47(33-40-54)50-34-41-56-55(42-50)57(48-22-14-6-15-23-48)58(49-24-10-3-4-11-25-49)60(56)51-26-16-7-17-27-51/h1-4,6-7,10,12,14-18,20-22,24-42,48H,5,8-9,11,13,19,23H2. The molecule has 1 unspecified atom stereocenters. The van der Waals surface area contributed by atoms with E-state index < -0.39 is 0 Å². The van der Waals surface area contributed by atoms with Crippen molar-refractivity contribution in [2.75, 3.05) is 4.90 Å². The molecule has 1 atom stereocenters. The largest absolute Gasteiger partial charge is 0.311 e. The number of anilines is 3. The Morgan fingerprint density at radius 1 is 0.500 bits per heavy atom. The smallest absolute Gasteiger partial charge is 0.0576 e. The van der Waals surface area contributed by atoms with Crippen molar-refractivity contribution < 1.29 is 0 Å². The van der Waals surface area contributed by atoms with Gasteiger partial charge in [0.2, 0.25) is 0 Å². The Hall–Kier alpha value is -6.90. The van der Waals surface area contributed by atoms with E-state index in [9.17, 15) is 0 Å². The van der Waals surface area contributed by atoms with Crippen LogP contribution in [0, 0.1) is 0 Å². The van der Waals surface area contributed by atoms with Crippen LogP contribution < -0.4 is 4.90 Å². The van der Waals surface area contributed by atoms with Crippen molar-refractivity contribution in [3.63, 3.8) is 0 Å². The molecule has 0 saturated carbocycles. The summed E-state index contributed by atoms with van der Waals surface area (Å²) in [6, 6.07) is 45.4. The van der Waals surface area contributed by atoms with E-state index in [1.165, 1.54) is 66.8 Å². The maximum absolute atomic E-state index is 2.49. The first-order chi connectivity index (χ1) is 29.8. The van der Waals surface area contributed by atoms with Crippen molar-refractivity contribution >= 4 is 44.7 Å². The topological polar surface area (TPSA) is 8.17 Å². The van der Waals surface area contributed by atoms with E-state index in [4.69, 9.17) is 0 Å². The molecule has 0 N–H and O–H groups in total. The third-order valence-electron chi connectivity index (χ3n) is 12.3. The Labute approximate surface area is 355 Å². The molecule has 5 aromatic carbocycles. The summed E-state index contributed by atoms with van der Waals surface area (Å²) >= 11 is 0. The van der Waals surface area contributed by atoms with Crippen LogP contribution in [0.5, 0.6) is 0 Å². The average Bonchev–Trinajstić information content (AvgIpc) is 3.56. The minimum absolute atomic E-state index is 0.271. The number of hydrogen-bond acceptors (Lipinski definition) is 1. The predicted molar refractivity (Wildman–Crippen MR) is 257 cm³/mol. The fourth-order valence-electron chi connectivity index (χ4n) is 9.28. The Morgan fingerprint density at radius 3 is 1.95 bits per heavy atom. The highest BCUT2D eigenvalue weighted by Crippen LogP contribution is 2.44. The van der Waals surface area contributed by atoms with Crippen molar-refractivity contribution in [2.24, 2.45) is 0 Å². The molecule has 0 spiro atoms. The molecule has 0 bridgehead atoms. The van der Waals surface area contributed by atoms with Gasteiger partial charge in [-0.3, -0.25) is 0 Å². The first kappa shape index (κ1) is 37.4. The van der Waals surface area contributed by atoms with Gasteiger partial charge in [-0.25, -0.2) is 0 Å². The number of para-hydroxylation sites is 1. The molecule has 4 aliphatic carbocycles. The second-order valence-corrected chi connectivity index (χ2v) is 16.1. The van der Waals surface area contributed by atoms with E-state index in [1.807, 2.05) is 0 Å². The van der Waals surface area contributed by atoms with E-state index in [1.54, 1.807) is 0 Å². The van der Waals surface area contributed by atoms with Gasteiger partial charge in [-0.1, -0.05) is 152 Å². The second kappa shape index (κ2) is 17.1. The van der Waals surface area contributed by atoms with Crippen LogP contribution in [-0.4, -0.2) is 4.57 Å². The van der Waals surface area contributed by atoms with Gasteiger partial charge in [0.25, 0.3) is 0 Å². The molecule has 6 aromatic rings. The molecule has 0 radical (unpaired) electrons. The number of allylic oxidation sites excluding steroid dienone is 18. The Bertz CT molecular complexity index is 2790. The molecule has 0 saturated heterocycles. The first-order valence-electron chi connectivity index (χ1n) is 21.7. The molecule has 2 heteroatoms. The van der Waals surface area contributed by atoms with Gasteiger partial charge in [-0.05, 0) is 150 Å². The lowest BCUT2D eigenvalue weighted by Crippen LogP contribution is -2.10. The molecular weight excluding hydrogens is 725 g/mol. The first-order valence-corrected chi connectivity index (χ1v) is 21.7. The lowest BCUT2D eigenvalue weighted by Gasteiger charge is -2.26. The van der Waals surface area contributed by atoms with Gasteiger partial charge >= 0.3 is 0 Å². The lowest BCUT2D eigenvalue weighted by atomic mass is 9.87. The fourth-order valence-corrected chi connectivity index (χ4v) is 9.28. The zero-order valence-corrected chi connectivity index (χ0v) is 34.1. The molecule has 60 heavy (non-hydrogen) atoms. The molecule has 292 valence electrons. The highest BCUT2D eigenvalue weighted by molar-refractivity contribution is 5.97. The normalized spacial score (nSPS) is 17.3. The molecule has 10 rings (SSSR count). The van der Waals surface area contributed by atoms with Crippen LogP contribution in [0.4, 0.5) is 17.1 Å². The monoisotopic (exact) mass is 774 g/mol. The maximum Gasteiger partial charge on any atom is 0.0576 e. The molecule has 2 nitrogen and oxygen atoms in total. The second-order valence-electron chi connectivity index (χ2n) is 16.1. The highest BCUT2D eigenvalue weighted by atomic mass is 15.1. The lowest BCUT2D eigenvalue weighted by molar-refractivity contribution is 0.851. The average molecular weight is 775 g/mol. The van der Waals surface area contributed by atoms with E-state index in [2.05, 4.69) is 222 Å². The number of hydrogen-bond donors (Lipinski definition) is 0. The van der Waals surface area contributed by atoms with Gasteiger partial charge < -0.3 is 9.47 Å². The zero-order chi connectivity index (χ0) is 40.1. The summed E-state index contributed by atoms with van der Waals surface area (Å²) in [6.07, 6.45) is 41.5. The van der Waals surface area contributed by atoms with Crippen LogP contribution in [0.3, 0.4) is 0 Å². The quantitative estimate of drug-likeness (QED) is 0.133. The van der Waals surface area contributed by atoms with Crippen LogP contribution in [0.15, 0.2) is 212 Å². The predicted octanol–water partition coefficient (Wildman–Crippen LogP) is 16.1. The summed E-state index contributed by atoms with van der Waals surface area (Å²) in [5, 5.41) is 1.30.